The monoisotopic (exact) mass is 111 g/mol. The summed E-state index contributed by atoms with van der Waals surface area (Å²) < 4.78 is 4.96. The molecule has 2 nitrogen and oxygen atoms in total. The van der Waals surface area contributed by atoms with E-state index >= 15 is 0 Å². The molecule has 0 saturated heterocycles. The minimum absolute atomic E-state index is 0.840. The van der Waals surface area contributed by atoms with Crippen molar-refractivity contribution >= 4 is 5.88 Å². The van der Waals surface area contributed by atoms with Crippen LogP contribution in [-0.4, -0.2) is 6.54 Å². The molecule has 0 aliphatic heterocycles. The Morgan fingerprint density at radius 3 is 3.12 bits per heavy atom. The zero-order valence-electron chi connectivity index (χ0n) is 4.85. The van der Waals surface area contributed by atoms with Gasteiger partial charge in [0.25, 0.3) is 0 Å². The fraction of sp³-hybridized carbons (Fsp3) is 0.333. The summed E-state index contributed by atoms with van der Waals surface area (Å²) in [7, 11) is 0. The third-order valence-electron chi connectivity index (χ3n) is 0.872. The molecule has 1 N–H and O–H groups in total. The van der Waals surface area contributed by atoms with E-state index in [-0.39, 0.29) is 0 Å². The first kappa shape index (κ1) is 5.22. The van der Waals surface area contributed by atoms with Crippen LogP contribution in [0.2, 0.25) is 0 Å². The van der Waals surface area contributed by atoms with Crippen molar-refractivity contribution in [1.29, 1.82) is 0 Å². The molecule has 0 aliphatic carbocycles. The van der Waals surface area contributed by atoms with Gasteiger partial charge in [-0.05, 0) is 13.0 Å². The first-order valence-corrected chi connectivity index (χ1v) is 2.71. The summed E-state index contributed by atoms with van der Waals surface area (Å²) in [6.07, 6.45) is 1.65. The molecule has 0 amide bonds. The van der Waals surface area contributed by atoms with Gasteiger partial charge in [-0.15, -0.1) is 0 Å². The van der Waals surface area contributed by atoms with Crippen LogP contribution in [0.4, 0.5) is 5.88 Å². The van der Waals surface area contributed by atoms with E-state index < -0.39 is 0 Å². The number of hydrogen-bond donors (Lipinski definition) is 1. The van der Waals surface area contributed by atoms with Crippen molar-refractivity contribution in [2.45, 2.75) is 6.92 Å². The van der Waals surface area contributed by atoms with Gasteiger partial charge in [-0.1, -0.05) is 0 Å². The van der Waals surface area contributed by atoms with E-state index in [1.807, 2.05) is 19.1 Å². The quantitative estimate of drug-likeness (QED) is 0.628. The molecule has 1 aromatic rings. The van der Waals surface area contributed by atoms with Crippen LogP contribution in [0, 0.1) is 0 Å². The van der Waals surface area contributed by atoms with Crippen molar-refractivity contribution in [1.82, 2.24) is 0 Å². The average molecular weight is 111 g/mol. The van der Waals surface area contributed by atoms with Crippen molar-refractivity contribution in [3.63, 3.8) is 0 Å². The van der Waals surface area contributed by atoms with Crippen LogP contribution in [0.15, 0.2) is 22.8 Å². The smallest absolute Gasteiger partial charge is 0.192 e. The maximum atomic E-state index is 4.96. The fourth-order valence-corrected chi connectivity index (χ4v) is 0.553. The van der Waals surface area contributed by atoms with E-state index in [0.717, 1.165) is 12.4 Å². The van der Waals surface area contributed by atoms with Gasteiger partial charge in [0.2, 0.25) is 0 Å². The van der Waals surface area contributed by atoms with Crippen LogP contribution in [0.5, 0.6) is 0 Å². The molecule has 0 atom stereocenters. The lowest BCUT2D eigenvalue weighted by molar-refractivity contribution is 0.580. The summed E-state index contributed by atoms with van der Waals surface area (Å²) in [5, 5.41) is 3.02. The molecule has 0 aliphatic rings. The third kappa shape index (κ3) is 1.03. The maximum Gasteiger partial charge on any atom is 0.192 e. The van der Waals surface area contributed by atoms with E-state index in [0.29, 0.717) is 0 Å². The Bertz CT molecular complexity index is 134. The van der Waals surface area contributed by atoms with Crippen LogP contribution in [0.25, 0.3) is 0 Å². The second kappa shape index (κ2) is 2.40. The molecule has 0 aromatic carbocycles. The summed E-state index contributed by atoms with van der Waals surface area (Å²) in [6, 6.07) is 3.75. The number of furan rings is 1. The van der Waals surface area contributed by atoms with Crippen LogP contribution in [0.1, 0.15) is 6.92 Å². The van der Waals surface area contributed by atoms with Crippen LogP contribution < -0.4 is 5.32 Å². The van der Waals surface area contributed by atoms with E-state index in [9.17, 15) is 0 Å². The third-order valence-corrected chi connectivity index (χ3v) is 0.872. The molecular weight excluding hydrogens is 102 g/mol. The molecule has 8 heavy (non-hydrogen) atoms. The van der Waals surface area contributed by atoms with Gasteiger partial charge in [-0.25, -0.2) is 0 Å². The zero-order valence-corrected chi connectivity index (χ0v) is 4.85. The van der Waals surface area contributed by atoms with Crippen molar-refractivity contribution < 1.29 is 4.42 Å². The second-order valence-electron chi connectivity index (χ2n) is 1.51. The summed E-state index contributed by atoms with van der Waals surface area (Å²) in [5.41, 5.74) is 0. The van der Waals surface area contributed by atoms with Crippen LogP contribution in [-0.2, 0) is 0 Å². The molecule has 1 rings (SSSR count). The standard InChI is InChI=1S/C6H9NO/c1-2-7-6-4-3-5-8-6/h3-5,7H,2H2,1H3. The first-order chi connectivity index (χ1) is 3.93. The first-order valence-electron chi connectivity index (χ1n) is 2.71. The lowest BCUT2D eigenvalue weighted by atomic mass is 10.6. The molecular formula is C6H9NO. The van der Waals surface area contributed by atoms with Crippen molar-refractivity contribution in [2.75, 3.05) is 11.9 Å². The van der Waals surface area contributed by atoms with Gasteiger partial charge in [0.15, 0.2) is 5.88 Å². The molecule has 0 saturated carbocycles. The van der Waals surface area contributed by atoms with Gasteiger partial charge in [0.1, 0.15) is 0 Å². The fourth-order valence-electron chi connectivity index (χ4n) is 0.553. The van der Waals surface area contributed by atoms with Crippen molar-refractivity contribution in [3.05, 3.63) is 18.4 Å². The van der Waals surface area contributed by atoms with Crippen LogP contribution in [0.3, 0.4) is 0 Å². The largest absolute Gasteiger partial charge is 0.449 e. The highest BCUT2D eigenvalue weighted by molar-refractivity contribution is 5.28. The van der Waals surface area contributed by atoms with E-state index in [2.05, 4.69) is 5.32 Å². The maximum absolute atomic E-state index is 4.96. The topological polar surface area (TPSA) is 25.2 Å². The molecule has 1 heterocycles. The van der Waals surface area contributed by atoms with Gasteiger partial charge in [-0.2, -0.15) is 0 Å². The second-order valence-corrected chi connectivity index (χ2v) is 1.51. The molecule has 0 fully saturated rings. The molecule has 0 unspecified atom stereocenters. The molecule has 44 valence electrons. The van der Waals surface area contributed by atoms with Crippen molar-refractivity contribution in [2.24, 2.45) is 0 Å². The highest BCUT2D eigenvalue weighted by Crippen LogP contribution is 2.04. The van der Waals surface area contributed by atoms with E-state index in [1.165, 1.54) is 0 Å². The Morgan fingerprint density at radius 1 is 1.75 bits per heavy atom. The van der Waals surface area contributed by atoms with Gasteiger partial charge >= 0.3 is 0 Å². The average Bonchev–Trinajstić information content (AvgIpc) is 2.19. The van der Waals surface area contributed by atoms with Crippen molar-refractivity contribution in [3.8, 4) is 0 Å². The zero-order chi connectivity index (χ0) is 5.82. The molecule has 2 heteroatoms. The molecule has 0 spiro atoms. The predicted molar refractivity (Wildman–Crippen MR) is 32.9 cm³/mol. The highest BCUT2D eigenvalue weighted by atomic mass is 16.3. The highest BCUT2D eigenvalue weighted by Gasteiger charge is 1.85. The van der Waals surface area contributed by atoms with Crippen LogP contribution >= 0.6 is 0 Å². The number of nitrogens with one attached hydrogen (secondary N) is 1. The lowest BCUT2D eigenvalue weighted by Crippen LogP contribution is -1.92. The SMILES string of the molecule is CCNc1ccco1. The summed E-state index contributed by atoms with van der Waals surface area (Å²) in [4.78, 5) is 0. The Morgan fingerprint density at radius 2 is 2.62 bits per heavy atom. The Balaban J connectivity index is 2.50. The van der Waals surface area contributed by atoms with E-state index in [1.54, 1.807) is 6.26 Å². The van der Waals surface area contributed by atoms with Gasteiger partial charge in [0.05, 0.1) is 6.26 Å². The number of hydrogen-bond acceptors (Lipinski definition) is 2. The number of anilines is 1. The predicted octanol–water partition coefficient (Wildman–Crippen LogP) is 1.71. The molecule has 1 aromatic heterocycles. The van der Waals surface area contributed by atoms with E-state index in [4.69, 9.17) is 4.42 Å². The lowest BCUT2D eigenvalue weighted by Gasteiger charge is -1.92. The Kier molecular flexibility index (Phi) is 1.57. The Labute approximate surface area is 48.5 Å². The molecule has 0 radical (unpaired) electrons. The van der Waals surface area contributed by atoms with Gasteiger partial charge in [-0.3, -0.25) is 0 Å². The summed E-state index contributed by atoms with van der Waals surface area (Å²) >= 11 is 0. The normalized spacial score (nSPS) is 9.12. The number of rotatable bonds is 2. The summed E-state index contributed by atoms with van der Waals surface area (Å²) in [6.45, 7) is 2.94. The Hall–Kier alpha value is -0.920. The summed E-state index contributed by atoms with van der Waals surface area (Å²) in [5.74, 6) is 0.840. The minimum atomic E-state index is 0.840. The van der Waals surface area contributed by atoms with Gasteiger partial charge < -0.3 is 9.73 Å². The molecule has 0 bridgehead atoms. The minimum Gasteiger partial charge on any atom is -0.449 e. The van der Waals surface area contributed by atoms with Gasteiger partial charge in [0, 0.05) is 12.6 Å².